The maximum absolute atomic E-state index is 11.9. The van der Waals surface area contributed by atoms with Gasteiger partial charge in [-0.1, -0.05) is 33.2 Å². The highest BCUT2D eigenvalue weighted by molar-refractivity contribution is 9.10. The SMILES string of the molecule is O=C1CC(CS)CN1c1cc(-c2ccc(Br)cc2)no1. The molecule has 1 amide bonds. The number of hydrogen-bond donors (Lipinski definition) is 1. The van der Waals surface area contributed by atoms with Crippen LogP contribution in [-0.2, 0) is 4.79 Å². The van der Waals surface area contributed by atoms with Crippen molar-refractivity contribution < 1.29 is 9.32 Å². The van der Waals surface area contributed by atoms with Crippen LogP contribution in [0.15, 0.2) is 39.3 Å². The Morgan fingerprint density at radius 2 is 2.15 bits per heavy atom. The summed E-state index contributed by atoms with van der Waals surface area (Å²) < 4.78 is 6.33. The molecule has 0 aliphatic carbocycles. The fourth-order valence-electron chi connectivity index (χ4n) is 2.27. The highest BCUT2D eigenvalue weighted by atomic mass is 79.9. The number of nitrogens with zero attached hydrogens (tertiary/aromatic N) is 2. The predicted octanol–water partition coefficient (Wildman–Crippen LogP) is 3.39. The van der Waals surface area contributed by atoms with Crippen LogP contribution in [0.4, 0.5) is 5.88 Å². The van der Waals surface area contributed by atoms with Gasteiger partial charge in [-0.25, -0.2) is 0 Å². The van der Waals surface area contributed by atoms with Crippen LogP contribution in [0.5, 0.6) is 0 Å². The Labute approximate surface area is 130 Å². The molecule has 2 heterocycles. The molecule has 1 atom stereocenters. The Morgan fingerprint density at radius 3 is 2.80 bits per heavy atom. The van der Waals surface area contributed by atoms with Crippen molar-refractivity contribution >= 4 is 40.4 Å². The van der Waals surface area contributed by atoms with Crippen molar-refractivity contribution in [2.45, 2.75) is 6.42 Å². The summed E-state index contributed by atoms with van der Waals surface area (Å²) >= 11 is 7.65. The number of anilines is 1. The van der Waals surface area contributed by atoms with E-state index in [9.17, 15) is 4.79 Å². The number of carbonyl (C=O) groups is 1. The van der Waals surface area contributed by atoms with Gasteiger partial charge in [0.25, 0.3) is 0 Å². The number of hydrogen-bond acceptors (Lipinski definition) is 4. The first-order chi connectivity index (χ1) is 9.67. The normalized spacial score (nSPS) is 18.8. The molecule has 3 rings (SSSR count). The van der Waals surface area contributed by atoms with E-state index in [0.29, 0.717) is 24.6 Å². The van der Waals surface area contributed by atoms with E-state index in [1.807, 2.05) is 30.3 Å². The van der Waals surface area contributed by atoms with E-state index < -0.39 is 0 Å². The van der Waals surface area contributed by atoms with Crippen molar-refractivity contribution in [1.82, 2.24) is 5.16 Å². The molecule has 104 valence electrons. The van der Waals surface area contributed by atoms with Crippen LogP contribution >= 0.6 is 28.6 Å². The smallest absolute Gasteiger partial charge is 0.234 e. The van der Waals surface area contributed by atoms with Crippen LogP contribution in [0.2, 0.25) is 0 Å². The third kappa shape index (κ3) is 2.62. The Hall–Kier alpha value is -1.27. The second kappa shape index (κ2) is 5.61. The van der Waals surface area contributed by atoms with Crippen LogP contribution < -0.4 is 4.90 Å². The molecule has 0 N–H and O–H groups in total. The average molecular weight is 353 g/mol. The number of halogens is 1. The van der Waals surface area contributed by atoms with Gasteiger partial charge in [-0.15, -0.1) is 0 Å². The third-order valence-corrected chi connectivity index (χ3v) is 4.41. The van der Waals surface area contributed by atoms with E-state index >= 15 is 0 Å². The van der Waals surface area contributed by atoms with E-state index in [1.54, 1.807) is 4.90 Å². The quantitative estimate of drug-likeness (QED) is 0.861. The highest BCUT2D eigenvalue weighted by Gasteiger charge is 2.32. The molecule has 0 bridgehead atoms. The van der Waals surface area contributed by atoms with Crippen molar-refractivity contribution in [2.24, 2.45) is 5.92 Å². The molecular weight excluding hydrogens is 340 g/mol. The molecular formula is C14H13BrN2O2S. The number of aromatic nitrogens is 1. The molecule has 0 radical (unpaired) electrons. The summed E-state index contributed by atoms with van der Waals surface area (Å²) in [6, 6.07) is 9.60. The Kier molecular flexibility index (Phi) is 3.85. The first-order valence-corrected chi connectivity index (χ1v) is 7.74. The number of thiol groups is 1. The number of amides is 1. The van der Waals surface area contributed by atoms with Crippen molar-refractivity contribution in [1.29, 1.82) is 0 Å². The maximum Gasteiger partial charge on any atom is 0.234 e. The minimum Gasteiger partial charge on any atom is -0.338 e. The molecule has 1 unspecified atom stereocenters. The van der Waals surface area contributed by atoms with Gasteiger partial charge < -0.3 is 4.52 Å². The number of carbonyl (C=O) groups excluding carboxylic acids is 1. The molecule has 2 aromatic rings. The van der Waals surface area contributed by atoms with Gasteiger partial charge in [0.15, 0.2) is 0 Å². The van der Waals surface area contributed by atoms with Gasteiger partial charge in [-0.3, -0.25) is 9.69 Å². The van der Waals surface area contributed by atoms with Gasteiger partial charge in [-0.05, 0) is 23.8 Å². The van der Waals surface area contributed by atoms with Crippen molar-refractivity contribution in [3.63, 3.8) is 0 Å². The van der Waals surface area contributed by atoms with Gasteiger partial charge in [0.1, 0.15) is 5.69 Å². The van der Waals surface area contributed by atoms with E-state index in [-0.39, 0.29) is 11.8 Å². The average Bonchev–Trinajstić information content (AvgIpc) is 3.06. The third-order valence-electron chi connectivity index (χ3n) is 3.37. The lowest BCUT2D eigenvalue weighted by Crippen LogP contribution is -2.24. The zero-order chi connectivity index (χ0) is 14.1. The van der Waals surface area contributed by atoms with E-state index in [2.05, 4.69) is 33.7 Å². The highest BCUT2D eigenvalue weighted by Crippen LogP contribution is 2.29. The molecule has 0 spiro atoms. The summed E-state index contributed by atoms with van der Waals surface area (Å²) in [4.78, 5) is 13.6. The fourth-order valence-corrected chi connectivity index (χ4v) is 2.78. The lowest BCUT2D eigenvalue weighted by molar-refractivity contribution is -0.117. The zero-order valence-electron chi connectivity index (χ0n) is 10.6. The van der Waals surface area contributed by atoms with Crippen LogP contribution in [-0.4, -0.2) is 23.4 Å². The second-order valence-corrected chi connectivity index (χ2v) is 6.10. The summed E-state index contributed by atoms with van der Waals surface area (Å²) in [7, 11) is 0. The monoisotopic (exact) mass is 352 g/mol. The van der Waals surface area contributed by atoms with Gasteiger partial charge >= 0.3 is 0 Å². The standard InChI is InChI=1S/C14H13BrN2O2S/c15-11-3-1-10(2-4-11)12-6-14(19-16-12)17-7-9(8-20)5-13(17)18/h1-4,6,9,20H,5,7-8H2. The zero-order valence-corrected chi connectivity index (χ0v) is 13.1. The molecule has 1 aromatic carbocycles. The summed E-state index contributed by atoms with van der Waals surface area (Å²) in [6.45, 7) is 0.650. The molecule has 1 saturated heterocycles. The molecule has 1 aromatic heterocycles. The summed E-state index contributed by atoms with van der Waals surface area (Å²) in [6.07, 6.45) is 0.526. The Bertz CT molecular complexity index is 626. The topological polar surface area (TPSA) is 46.3 Å². The summed E-state index contributed by atoms with van der Waals surface area (Å²) in [5.41, 5.74) is 1.69. The molecule has 1 fully saturated rings. The molecule has 4 nitrogen and oxygen atoms in total. The number of rotatable bonds is 3. The number of benzene rings is 1. The first kappa shape index (κ1) is 13.7. The van der Waals surface area contributed by atoms with E-state index in [0.717, 1.165) is 15.7 Å². The van der Waals surface area contributed by atoms with Gasteiger partial charge in [0.05, 0.1) is 0 Å². The lowest BCUT2D eigenvalue weighted by Gasteiger charge is -2.10. The van der Waals surface area contributed by atoms with Crippen LogP contribution in [0.3, 0.4) is 0 Å². The summed E-state index contributed by atoms with van der Waals surface area (Å²) in [5.74, 6) is 1.57. The molecule has 1 aliphatic heterocycles. The minimum absolute atomic E-state index is 0.0718. The Balaban J connectivity index is 1.83. The largest absolute Gasteiger partial charge is 0.338 e. The van der Waals surface area contributed by atoms with Crippen molar-refractivity contribution in [3.05, 3.63) is 34.8 Å². The predicted molar refractivity (Wildman–Crippen MR) is 84.0 cm³/mol. The summed E-state index contributed by atoms with van der Waals surface area (Å²) in [5, 5.41) is 4.04. The van der Waals surface area contributed by atoms with Crippen molar-refractivity contribution in [3.8, 4) is 11.3 Å². The van der Waals surface area contributed by atoms with Crippen molar-refractivity contribution in [2.75, 3.05) is 17.2 Å². The van der Waals surface area contributed by atoms with Gasteiger partial charge in [-0.2, -0.15) is 12.6 Å². The van der Waals surface area contributed by atoms with Gasteiger partial charge in [0, 0.05) is 29.1 Å². The molecule has 20 heavy (non-hydrogen) atoms. The van der Waals surface area contributed by atoms with E-state index in [1.165, 1.54) is 0 Å². The van der Waals surface area contributed by atoms with E-state index in [4.69, 9.17) is 4.52 Å². The van der Waals surface area contributed by atoms with Crippen LogP contribution in [0, 0.1) is 5.92 Å². The minimum atomic E-state index is 0.0718. The molecule has 0 saturated carbocycles. The van der Waals surface area contributed by atoms with Gasteiger partial charge in [0.2, 0.25) is 11.8 Å². The molecule has 1 aliphatic rings. The maximum atomic E-state index is 11.9. The molecule has 6 heteroatoms. The van der Waals surface area contributed by atoms with Crippen LogP contribution in [0.25, 0.3) is 11.3 Å². The lowest BCUT2D eigenvalue weighted by atomic mass is 10.1. The van der Waals surface area contributed by atoms with Crippen LogP contribution in [0.1, 0.15) is 6.42 Å². The first-order valence-electron chi connectivity index (χ1n) is 6.31. The second-order valence-electron chi connectivity index (χ2n) is 4.81. The Morgan fingerprint density at radius 1 is 1.40 bits per heavy atom. The fraction of sp³-hybridized carbons (Fsp3) is 0.286.